The van der Waals surface area contributed by atoms with Gasteiger partial charge in [-0.3, -0.25) is 14.4 Å². The van der Waals surface area contributed by atoms with E-state index in [1.165, 1.54) is 0 Å². The minimum Gasteiger partial charge on any atom is -0.511 e. The van der Waals surface area contributed by atoms with Gasteiger partial charge in [-0.25, -0.2) is 0 Å². The van der Waals surface area contributed by atoms with E-state index < -0.39 is 56.8 Å². The third-order valence-electron chi connectivity index (χ3n) is 10.0. The Bertz CT molecular complexity index is 1710. The Kier molecular flexibility index (Phi) is 6.83. The lowest BCUT2D eigenvalue weighted by molar-refractivity contribution is -0.171. The zero-order valence-corrected chi connectivity index (χ0v) is 25.6. The van der Waals surface area contributed by atoms with Crippen LogP contribution in [0.5, 0.6) is 5.75 Å². The van der Waals surface area contributed by atoms with E-state index in [-0.39, 0.29) is 41.6 Å². The molecule has 4 N–H and O–H groups in total. The van der Waals surface area contributed by atoms with E-state index in [1.54, 1.807) is 38.1 Å². The largest absolute Gasteiger partial charge is 0.511 e. The number of benzene rings is 2. The summed E-state index contributed by atoms with van der Waals surface area (Å²) in [7, 11) is 0. The van der Waals surface area contributed by atoms with Crippen LogP contribution in [0.4, 0.5) is 0 Å². The van der Waals surface area contributed by atoms with Crippen LogP contribution >= 0.6 is 0 Å². The molecule has 4 atom stereocenters. The third kappa shape index (κ3) is 3.89. The van der Waals surface area contributed by atoms with Crippen molar-refractivity contribution in [1.82, 2.24) is 0 Å². The van der Waals surface area contributed by atoms with Gasteiger partial charge in [-0.1, -0.05) is 59.6 Å². The summed E-state index contributed by atoms with van der Waals surface area (Å²) in [6.45, 7) is 12.2. The average Bonchev–Trinajstić information content (AvgIpc) is 2.90. The smallest absolute Gasteiger partial charge is 0.209 e. The minimum absolute atomic E-state index is 0.0160. The molecule has 43 heavy (non-hydrogen) atoms. The van der Waals surface area contributed by atoms with Gasteiger partial charge in [0, 0.05) is 33.4 Å². The van der Waals surface area contributed by atoms with Crippen LogP contribution in [-0.2, 0) is 16.0 Å². The van der Waals surface area contributed by atoms with E-state index in [9.17, 15) is 34.8 Å². The number of hydrogen-bond acceptors (Lipinski definition) is 7. The Morgan fingerprint density at radius 3 is 2.16 bits per heavy atom. The van der Waals surface area contributed by atoms with E-state index >= 15 is 0 Å². The fraction of sp³-hybridized carbons (Fsp3) is 0.417. The molecular formula is C36H38O7. The van der Waals surface area contributed by atoms with E-state index in [0.29, 0.717) is 22.3 Å². The summed E-state index contributed by atoms with van der Waals surface area (Å²) in [6, 6.07) is 8.88. The van der Waals surface area contributed by atoms with Crippen molar-refractivity contribution in [2.45, 2.75) is 72.8 Å². The number of carbonyl (C=O) groups excluding carboxylic acids is 3. The second kappa shape index (κ2) is 9.68. The molecule has 0 aromatic heterocycles. The number of phenols is 1. The molecule has 0 fully saturated rings. The maximum absolute atomic E-state index is 14.5. The Labute approximate surface area is 252 Å². The van der Waals surface area contributed by atoms with Gasteiger partial charge in [0.05, 0.1) is 5.56 Å². The first-order valence-corrected chi connectivity index (χ1v) is 14.6. The highest BCUT2D eigenvalue weighted by atomic mass is 16.3. The SMILES string of the molecule is C#Cc1ccc(-c2cc(C(C)C)c3c(c2O)C(=O)C2=C(O)[C@@]4(O)C(=O)C(C(C)=O)=C(O)C(C(C)C)[C@@]4(C)C[C@@]2(C)C3)cc1. The predicted molar refractivity (Wildman–Crippen MR) is 163 cm³/mol. The van der Waals surface area contributed by atoms with Crippen molar-refractivity contribution < 1.29 is 34.8 Å². The van der Waals surface area contributed by atoms with Crippen molar-refractivity contribution in [3.63, 3.8) is 0 Å². The number of carbonyl (C=O) groups is 3. The quantitative estimate of drug-likeness (QED) is 0.252. The highest BCUT2D eigenvalue weighted by Gasteiger charge is 2.71. The molecule has 2 aromatic carbocycles. The van der Waals surface area contributed by atoms with Crippen LogP contribution in [0, 0.1) is 35.0 Å². The standard InChI is InChI=1S/C36H38O7/c1-9-20-10-12-21(13-11-20)23-14-22(17(2)3)24-15-34(7)16-35(8)27(18(4)5)30(39)25(19(6)37)32(41)36(35,43)33(42)28(34)31(40)26(24)29(23)38/h1,10-14,17-18,27,38-39,42-43H,15-16H2,2-8H3/t27?,34-,35-,36+/m1/s1. The molecule has 0 spiro atoms. The summed E-state index contributed by atoms with van der Waals surface area (Å²) < 4.78 is 0. The zero-order chi connectivity index (χ0) is 32.0. The minimum atomic E-state index is -2.64. The second-order valence-corrected chi connectivity index (χ2v) is 13.6. The van der Waals surface area contributed by atoms with Crippen molar-refractivity contribution in [2.75, 3.05) is 0 Å². The molecule has 0 saturated heterocycles. The second-order valence-electron chi connectivity index (χ2n) is 13.6. The molecule has 0 saturated carbocycles. The van der Waals surface area contributed by atoms with Gasteiger partial charge in [0.15, 0.2) is 17.2 Å². The van der Waals surface area contributed by atoms with E-state index in [1.807, 2.05) is 33.8 Å². The summed E-state index contributed by atoms with van der Waals surface area (Å²) in [5, 5.41) is 47.1. The summed E-state index contributed by atoms with van der Waals surface area (Å²) >= 11 is 0. The number of aliphatic hydroxyl groups excluding tert-OH is 2. The van der Waals surface area contributed by atoms with Crippen molar-refractivity contribution in [3.05, 3.63) is 75.3 Å². The maximum Gasteiger partial charge on any atom is 0.209 e. The number of Topliss-reactive ketones (excluding diaryl/α,β-unsaturated/α-hetero) is 3. The average molecular weight is 583 g/mol. The summed E-state index contributed by atoms with van der Waals surface area (Å²) in [6.07, 6.45) is 5.80. The number of phenolic OH excluding ortho intramolecular Hbond substituents is 1. The summed E-state index contributed by atoms with van der Waals surface area (Å²) in [4.78, 5) is 41.0. The van der Waals surface area contributed by atoms with Gasteiger partial charge in [-0.05, 0) is 66.5 Å². The molecule has 3 aliphatic carbocycles. The molecule has 0 radical (unpaired) electrons. The molecule has 7 nitrogen and oxygen atoms in total. The number of ketones is 3. The lowest BCUT2D eigenvalue weighted by atomic mass is 9.44. The predicted octanol–water partition coefficient (Wildman–Crippen LogP) is 6.12. The van der Waals surface area contributed by atoms with Gasteiger partial charge in [-0.2, -0.15) is 0 Å². The maximum atomic E-state index is 14.5. The summed E-state index contributed by atoms with van der Waals surface area (Å²) in [5.74, 6) is -2.71. The van der Waals surface area contributed by atoms with Crippen LogP contribution in [0.3, 0.4) is 0 Å². The van der Waals surface area contributed by atoms with Gasteiger partial charge < -0.3 is 20.4 Å². The van der Waals surface area contributed by atoms with Gasteiger partial charge in [0.25, 0.3) is 0 Å². The number of aromatic hydroxyl groups is 1. The molecule has 1 unspecified atom stereocenters. The number of rotatable bonds is 4. The number of hydrogen-bond donors (Lipinski definition) is 4. The van der Waals surface area contributed by atoms with Gasteiger partial charge in [0.2, 0.25) is 5.78 Å². The molecule has 224 valence electrons. The normalized spacial score (nSPS) is 28.5. The summed E-state index contributed by atoms with van der Waals surface area (Å²) in [5.41, 5.74) is -2.67. The van der Waals surface area contributed by atoms with Crippen molar-refractivity contribution >= 4 is 17.3 Å². The molecular weight excluding hydrogens is 544 g/mol. The van der Waals surface area contributed by atoms with Gasteiger partial charge in [0.1, 0.15) is 22.8 Å². The fourth-order valence-corrected chi connectivity index (χ4v) is 8.31. The molecule has 3 aliphatic rings. The molecule has 0 bridgehead atoms. The highest BCUT2D eigenvalue weighted by Crippen LogP contribution is 2.65. The van der Waals surface area contributed by atoms with Crippen molar-refractivity contribution in [1.29, 1.82) is 0 Å². The zero-order valence-electron chi connectivity index (χ0n) is 25.6. The van der Waals surface area contributed by atoms with Crippen LogP contribution in [0.1, 0.15) is 87.9 Å². The number of fused-ring (bicyclic) bond motifs is 3. The molecule has 0 heterocycles. The Morgan fingerprint density at radius 2 is 1.65 bits per heavy atom. The monoisotopic (exact) mass is 582 g/mol. The van der Waals surface area contributed by atoms with Gasteiger partial charge >= 0.3 is 0 Å². The molecule has 0 amide bonds. The molecule has 0 aliphatic heterocycles. The van der Waals surface area contributed by atoms with Crippen LogP contribution in [0.25, 0.3) is 11.1 Å². The van der Waals surface area contributed by atoms with Crippen LogP contribution < -0.4 is 0 Å². The van der Waals surface area contributed by atoms with E-state index in [4.69, 9.17) is 6.42 Å². The lowest BCUT2D eigenvalue weighted by Crippen LogP contribution is -2.67. The first-order chi connectivity index (χ1) is 20.0. The fourth-order valence-electron chi connectivity index (χ4n) is 8.31. The van der Waals surface area contributed by atoms with E-state index in [0.717, 1.165) is 12.5 Å². The number of allylic oxidation sites excluding steroid dienone is 2. The first kappa shape index (κ1) is 30.3. The molecule has 5 rings (SSSR count). The van der Waals surface area contributed by atoms with Crippen LogP contribution in [0.2, 0.25) is 0 Å². The topological polar surface area (TPSA) is 132 Å². The molecule has 2 aromatic rings. The van der Waals surface area contributed by atoms with Crippen molar-refractivity contribution in [2.24, 2.45) is 22.7 Å². The number of terminal acetylenes is 1. The van der Waals surface area contributed by atoms with Gasteiger partial charge in [-0.15, -0.1) is 6.42 Å². The molecule has 7 heteroatoms. The van der Waals surface area contributed by atoms with Crippen molar-refractivity contribution in [3.8, 4) is 29.2 Å². The Morgan fingerprint density at radius 1 is 1.05 bits per heavy atom. The lowest BCUT2D eigenvalue weighted by Gasteiger charge is -2.59. The van der Waals surface area contributed by atoms with Crippen LogP contribution in [0.15, 0.2) is 53.0 Å². The first-order valence-electron chi connectivity index (χ1n) is 14.6. The Balaban J connectivity index is 1.82. The van der Waals surface area contributed by atoms with Crippen LogP contribution in [-0.4, -0.2) is 43.4 Å². The number of aliphatic hydroxyl groups is 3. The third-order valence-corrected chi connectivity index (χ3v) is 10.0. The Hall–Kier alpha value is -4.15. The highest BCUT2D eigenvalue weighted by molar-refractivity contribution is 6.25. The van der Waals surface area contributed by atoms with E-state index in [2.05, 4.69) is 5.92 Å².